The third-order valence-corrected chi connectivity index (χ3v) is 2.23. The van der Waals surface area contributed by atoms with E-state index in [-0.39, 0.29) is 12.0 Å². The number of benzene rings is 1. The van der Waals surface area contributed by atoms with Crippen LogP contribution in [0.25, 0.3) is 0 Å². The van der Waals surface area contributed by atoms with Gasteiger partial charge in [-0.1, -0.05) is 0 Å². The van der Waals surface area contributed by atoms with Crippen molar-refractivity contribution in [2.24, 2.45) is 5.73 Å². The summed E-state index contributed by atoms with van der Waals surface area (Å²) in [5.74, 6) is -0.513. The Morgan fingerprint density at radius 2 is 2.19 bits per heavy atom. The number of hydrogen-bond donors (Lipinski definition) is 2. The zero-order chi connectivity index (χ0) is 11.5. The van der Waals surface area contributed by atoms with Crippen LogP contribution in [0.4, 0.5) is 8.78 Å². The summed E-state index contributed by atoms with van der Waals surface area (Å²) in [4.78, 5) is 3.86. The highest BCUT2D eigenvalue weighted by Gasteiger charge is 2.13. The second kappa shape index (κ2) is 4.36. The zero-order valence-corrected chi connectivity index (χ0v) is 8.32. The molecule has 1 aromatic carbocycles. The van der Waals surface area contributed by atoms with Crippen LogP contribution >= 0.6 is 0 Å². The van der Waals surface area contributed by atoms with Crippen LogP contribution < -0.4 is 5.73 Å². The summed E-state index contributed by atoms with van der Waals surface area (Å²) in [6, 6.07) is 2.75. The Labute approximate surface area is 90.5 Å². The lowest BCUT2D eigenvalue weighted by Gasteiger charge is -2.09. The molecule has 0 bridgehead atoms. The molecule has 1 heterocycles. The van der Waals surface area contributed by atoms with Crippen LogP contribution in [0.1, 0.15) is 17.4 Å². The standard InChI is InChI=1S/C10H10F2N4/c11-7-1-2-8(12)6(3-7)4-9(13)10-14-5-15-16-10/h1-3,5,9H,4,13H2,(H,14,15,16). The van der Waals surface area contributed by atoms with Crippen LogP contribution in [-0.4, -0.2) is 15.2 Å². The fraction of sp³-hybridized carbons (Fsp3) is 0.200. The summed E-state index contributed by atoms with van der Waals surface area (Å²) >= 11 is 0. The van der Waals surface area contributed by atoms with Crippen molar-refractivity contribution < 1.29 is 8.78 Å². The van der Waals surface area contributed by atoms with Gasteiger partial charge in [-0.05, 0) is 30.2 Å². The Bertz CT molecular complexity index is 470. The Morgan fingerprint density at radius 3 is 2.88 bits per heavy atom. The topological polar surface area (TPSA) is 67.6 Å². The van der Waals surface area contributed by atoms with Crippen molar-refractivity contribution in [1.29, 1.82) is 0 Å². The molecule has 1 unspecified atom stereocenters. The third kappa shape index (κ3) is 2.22. The molecule has 4 nitrogen and oxygen atoms in total. The average Bonchev–Trinajstić information content (AvgIpc) is 2.76. The molecule has 0 spiro atoms. The lowest BCUT2D eigenvalue weighted by Crippen LogP contribution is -2.16. The number of aromatic nitrogens is 3. The molecule has 2 rings (SSSR count). The van der Waals surface area contributed by atoms with Gasteiger partial charge in [-0.15, -0.1) is 0 Å². The molecule has 6 heteroatoms. The van der Waals surface area contributed by atoms with Gasteiger partial charge in [0.15, 0.2) is 0 Å². The van der Waals surface area contributed by atoms with E-state index < -0.39 is 17.7 Å². The Balaban J connectivity index is 2.17. The Kier molecular flexibility index (Phi) is 2.91. The van der Waals surface area contributed by atoms with Gasteiger partial charge in [0.25, 0.3) is 0 Å². The van der Waals surface area contributed by atoms with E-state index in [4.69, 9.17) is 5.73 Å². The first kappa shape index (κ1) is 10.7. The zero-order valence-electron chi connectivity index (χ0n) is 8.32. The molecule has 0 saturated heterocycles. The molecule has 0 aliphatic rings. The Hall–Kier alpha value is -1.82. The predicted molar refractivity (Wildman–Crippen MR) is 53.4 cm³/mol. The van der Waals surface area contributed by atoms with Gasteiger partial charge in [0.1, 0.15) is 23.8 Å². The summed E-state index contributed by atoms with van der Waals surface area (Å²) in [6.45, 7) is 0. The largest absolute Gasteiger partial charge is 0.321 e. The monoisotopic (exact) mass is 224 g/mol. The average molecular weight is 224 g/mol. The van der Waals surface area contributed by atoms with Gasteiger partial charge >= 0.3 is 0 Å². The minimum Gasteiger partial charge on any atom is -0.321 e. The lowest BCUT2D eigenvalue weighted by molar-refractivity contribution is 0.567. The fourth-order valence-electron chi connectivity index (χ4n) is 1.43. The number of hydrogen-bond acceptors (Lipinski definition) is 3. The quantitative estimate of drug-likeness (QED) is 0.826. The second-order valence-corrected chi connectivity index (χ2v) is 3.42. The maximum atomic E-state index is 13.3. The van der Waals surface area contributed by atoms with Gasteiger partial charge < -0.3 is 5.73 Å². The summed E-state index contributed by atoms with van der Waals surface area (Å²) in [6.07, 6.45) is 1.48. The van der Waals surface area contributed by atoms with Crippen LogP contribution in [0.3, 0.4) is 0 Å². The van der Waals surface area contributed by atoms with Crippen LogP contribution in [0.2, 0.25) is 0 Å². The smallest absolute Gasteiger partial charge is 0.141 e. The predicted octanol–water partition coefficient (Wildman–Crippen LogP) is 1.33. The lowest BCUT2D eigenvalue weighted by atomic mass is 10.1. The van der Waals surface area contributed by atoms with Crippen molar-refractivity contribution in [3.63, 3.8) is 0 Å². The van der Waals surface area contributed by atoms with E-state index >= 15 is 0 Å². The van der Waals surface area contributed by atoms with Crippen molar-refractivity contribution in [2.45, 2.75) is 12.5 Å². The minimum absolute atomic E-state index is 0.165. The first-order valence-corrected chi connectivity index (χ1v) is 4.71. The van der Waals surface area contributed by atoms with Gasteiger partial charge in [-0.3, -0.25) is 5.10 Å². The molecule has 0 aliphatic carbocycles. The molecule has 16 heavy (non-hydrogen) atoms. The van der Waals surface area contributed by atoms with E-state index in [0.717, 1.165) is 18.2 Å². The number of halogens is 2. The van der Waals surface area contributed by atoms with Crippen LogP contribution in [-0.2, 0) is 6.42 Å². The molecule has 1 aromatic heterocycles. The first-order chi connectivity index (χ1) is 7.66. The SMILES string of the molecule is NC(Cc1cc(F)ccc1F)c1ncn[nH]1. The van der Waals surface area contributed by atoms with Crippen LogP contribution in [0.15, 0.2) is 24.5 Å². The van der Waals surface area contributed by atoms with E-state index in [1.807, 2.05) is 0 Å². The van der Waals surface area contributed by atoms with Gasteiger partial charge in [-0.2, -0.15) is 5.10 Å². The summed E-state index contributed by atoms with van der Waals surface area (Å²) < 4.78 is 26.2. The molecule has 2 aromatic rings. The first-order valence-electron chi connectivity index (χ1n) is 4.71. The van der Waals surface area contributed by atoms with Crippen LogP contribution in [0.5, 0.6) is 0 Å². The highest BCUT2D eigenvalue weighted by molar-refractivity contribution is 5.20. The van der Waals surface area contributed by atoms with E-state index in [9.17, 15) is 8.78 Å². The summed E-state index contributed by atoms with van der Waals surface area (Å²) in [5.41, 5.74) is 5.99. The van der Waals surface area contributed by atoms with Gasteiger partial charge in [0.05, 0.1) is 6.04 Å². The minimum atomic E-state index is -0.529. The number of H-pyrrole nitrogens is 1. The van der Waals surface area contributed by atoms with Crippen molar-refractivity contribution >= 4 is 0 Å². The molecule has 0 fully saturated rings. The number of rotatable bonds is 3. The molecule has 1 atom stereocenters. The van der Waals surface area contributed by atoms with Crippen molar-refractivity contribution in [3.8, 4) is 0 Å². The summed E-state index contributed by atoms with van der Waals surface area (Å²) in [5, 5.41) is 6.23. The number of aromatic amines is 1. The van der Waals surface area contributed by atoms with Crippen LogP contribution in [0, 0.1) is 11.6 Å². The molecule has 3 N–H and O–H groups in total. The molecule has 0 saturated carbocycles. The maximum absolute atomic E-state index is 13.3. The number of nitrogens with one attached hydrogen (secondary N) is 1. The molecule has 84 valence electrons. The van der Waals surface area contributed by atoms with Gasteiger partial charge in [-0.25, -0.2) is 13.8 Å². The van der Waals surface area contributed by atoms with Gasteiger partial charge in [0.2, 0.25) is 0 Å². The van der Waals surface area contributed by atoms with Gasteiger partial charge in [0, 0.05) is 0 Å². The molecule has 0 amide bonds. The fourth-order valence-corrected chi connectivity index (χ4v) is 1.43. The maximum Gasteiger partial charge on any atom is 0.141 e. The third-order valence-electron chi connectivity index (χ3n) is 2.23. The summed E-state index contributed by atoms with van der Waals surface area (Å²) in [7, 11) is 0. The molecular formula is C10H10F2N4. The normalized spacial score (nSPS) is 12.7. The van der Waals surface area contributed by atoms with E-state index in [0.29, 0.717) is 5.82 Å². The molecule has 0 aliphatic heterocycles. The number of nitrogens with zero attached hydrogens (tertiary/aromatic N) is 2. The van der Waals surface area contributed by atoms with Crippen molar-refractivity contribution in [2.75, 3.05) is 0 Å². The van der Waals surface area contributed by atoms with E-state index in [2.05, 4.69) is 15.2 Å². The second-order valence-electron chi connectivity index (χ2n) is 3.42. The van der Waals surface area contributed by atoms with Crippen molar-refractivity contribution in [3.05, 3.63) is 47.5 Å². The highest BCUT2D eigenvalue weighted by Crippen LogP contribution is 2.16. The molecule has 0 radical (unpaired) electrons. The van der Waals surface area contributed by atoms with E-state index in [1.165, 1.54) is 6.33 Å². The van der Waals surface area contributed by atoms with E-state index in [1.54, 1.807) is 0 Å². The number of nitrogens with two attached hydrogens (primary N) is 1. The van der Waals surface area contributed by atoms with Crippen molar-refractivity contribution in [1.82, 2.24) is 15.2 Å². The molecular weight excluding hydrogens is 214 g/mol. The Morgan fingerprint density at radius 1 is 1.38 bits per heavy atom. The highest BCUT2D eigenvalue weighted by atomic mass is 19.1.